The van der Waals surface area contributed by atoms with Crippen molar-refractivity contribution in [2.75, 3.05) is 0 Å². The Morgan fingerprint density at radius 2 is 0.950 bits per heavy atom. The van der Waals surface area contributed by atoms with Gasteiger partial charge in [0.05, 0.1) is 0 Å². The number of benzene rings is 2. The first-order chi connectivity index (χ1) is 9.93. The second-order valence-electron chi connectivity index (χ2n) is 5.65. The molecule has 0 nitrogen and oxygen atoms in total. The molecular formula is C20H22. The highest BCUT2D eigenvalue weighted by atomic mass is 14.1. The summed E-state index contributed by atoms with van der Waals surface area (Å²) in [6.45, 7) is 0. The van der Waals surface area contributed by atoms with E-state index in [0.717, 1.165) is 0 Å². The van der Waals surface area contributed by atoms with Crippen LogP contribution in [0.1, 0.15) is 47.9 Å². The van der Waals surface area contributed by atoms with E-state index in [9.17, 15) is 0 Å². The van der Waals surface area contributed by atoms with Crippen LogP contribution in [0.15, 0.2) is 48.5 Å². The average molecular weight is 262 g/mol. The third-order valence-corrected chi connectivity index (χ3v) is 4.19. The molecule has 0 heterocycles. The van der Waals surface area contributed by atoms with Gasteiger partial charge in [0, 0.05) is 0 Å². The maximum absolute atomic E-state index is 2.29. The Kier molecular flexibility index (Phi) is 4.32. The molecule has 1 aliphatic carbocycles. The summed E-state index contributed by atoms with van der Waals surface area (Å²) in [6, 6.07) is 17.6. The molecule has 1 aliphatic rings. The molecule has 0 amide bonds. The lowest BCUT2D eigenvalue weighted by atomic mass is 9.95. The van der Waals surface area contributed by atoms with Crippen LogP contribution in [0.4, 0.5) is 0 Å². The summed E-state index contributed by atoms with van der Waals surface area (Å²) in [5, 5.41) is 0. The van der Waals surface area contributed by atoms with Gasteiger partial charge in [0.15, 0.2) is 0 Å². The molecule has 3 rings (SSSR count). The molecule has 0 aliphatic heterocycles. The van der Waals surface area contributed by atoms with Crippen LogP contribution < -0.4 is 0 Å². The van der Waals surface area contributed by atoms with E-state index in [-0.39, 0.29) is 0 Å². The van der Waals surface area contributed by atoms with E-state index in [1.165, 1.54) is 60.8 Å². The molecule has 20 heavy (non-hydrogen) atoms. The van der Waals surface area contributed by atoms with Crippen molar-refractivity contribution in [2.45, 2.75) is 38.5 Å². The van der Waals surface area contributed by atoms with Crippen LogP contribution in [0.25, 0.3) is 12.2 Å². The minimum Gasteiger partial charge on any atom is -0.0620 e. The van der Waals surface area contributed by atoms with Gasteiger partial charge >= 0.3 is 0 Å². The SMILES string of the molecule is C1=Cc2ccccc2CCCCCCc2ccccc21. The van der Waals surface area contributed by atoms with E-state index in [0.29, 0.717) is 0 Å². The van der Waals surface area contributed by atoms with E-state index in [1.807, 2.05) is 0 Å². The van der Waals surface area contributed by atoms with Gasteiger partial charge in [-0.3, -0.25) is 0 Å². The zero-order valence-corrected chi connectivity index (χ0v) is 12.0. The van der Waals surface area contributed by atoms with Gasteiger partial charge in [-0.1, -0.05) is 73.5 Å². The Bertz CT molecular complexity index is 539. The summed E-state index contributed by atoms with van der Waals surface area (Å²) in [4.78, 5) is 0. The van der Waals surface area contributed by atoms with Gasteiger partial charge in [0.2, 0.25) is 0 Å². The highest BCUT2D eigenvalue weighted by Gasteiger charge is 2.03. The van der Waals surface area contributed by atoms with Crippen LogP contribution in [0.3, 0.4) is 0 Å². The summed E-state index contributed by atoms with van der Waals surface area (Å²) in [5.74, 6) is 0. The number of fused-ring (bicyclic) bond motifs is 2. The number of hydrogen-bond acceptors (Lipinski definition) is 0. The third-order valence-electron chi connectivity index (χ3n) is 4.19. The third kappa shape index (κ3) is 3.19. The Hall–Kier alpha value is -1.82. The molecule has 0 saturated carbocycles. The van der Waals surface area contributed by atoms with Crippen molar-refractivity contribution in [1.82, 2.24) is 0 Å². The Balaban J connectivity index is 1.97. The second-order valence-corrected chi connectivity index (χ2v) is 5.65. The molecular weight excluding hydrogens is 240 g/mol. The zero-order valence-electron chi connectivity index (χ0n) is 12.0. The number of hydrogen-bond donors (Lipinski definition) is 0. The smallest absolute Gasteiger partial charge is 0.0224 e. The first kappa shape index (κ1) is 13.2. The molecule has 0 radical (unpaired) electrons. The lowest BCUT2D eigenvalue weighted by Crippen LogP contribution is -1.94. The van der Waals surface area contributed by atoms with E-state index in [4.69, 9.17) is 0 Å². The fraction of sp³-hybridized carbons (Fsp3) is 0.300. The van der Waals surface area contributed by atoms with E-state index < -0.39 is 0 Å². The number of aryl methyl sites for hydroxylation is 2. The van der Waals surface area contributed by atoms with Crippen LogP contribution in [-0.2, 0) is 12.8 Å². The minimum atomic E-state index is 1.21. The molecule has 0 heteroatoms. The predicted octanol–water partition coefficient (Wildman–Crippen LogP) is 5.52. The van der Waals surface area contributed by atoms with Gasteiger partial charge in [-0.05, 0) is 47.9 Å². The van der Waals surface area contributed by atoms with E-state index in [1.54, 1.807) is 0 Å². The summed E-state index contributed by atoms with van der Waals surface area (Å²) in [7, 11) is 0. The first-order valence-electron chi connectivity index (χ1n) is 7.77. The van der Waals surface area contributed by atoms with Crippen LogP contribution in [0.2, 0.25) is 0 Å². The zero-order chi connectivity index (χ0) is 13.6. The second kappa shape index (κ2) is 6.56. The standard InChI is InChI=1S/C20H22/c1-2-4-10-18-12-6-8-14-20(18)16-15-19-13-7-5-11-17(19)9-3-1/h5-8,11-16H,1-4,9-10H2. The van der Waals surface area contributed by atoms with Gasteiger partial charge in [-0.2, -0.15) is 0 Å². The van der Waals surface area contributed by atoms with Gasteiger partial charge in [0.1, 0.15) is 0 Å². The minimum absolute atomic E-state index is 1.21. The molecule has 0 fully saturated rings. The molecule has 0 spiro atoms. The van der Waals surface area contributed by atoms with Crippen molar-refractivity contribution in [1.29, 1.82) is 0 Å². The highest BCUT2D eigenvalue weighted by molar-refractivity contribution is 5.72. The number of rotatable bonds is 0. The summed E-state index contributed by atoms with van der Waals surface area (Å²) >= 11 is 0. The molecule has 0 saturated heterocycles. The molecule has 2 aromatic carbocycles. The van der Waals surface area contributed by atoms with Crippen LogP contribution in [-0.4, -0.2) is 0 Å². The lowest BCUT2D eigenvalue weighted by molar-refractivity contribution is 0.640. The molecule has 0 atom stereocenters. The topological polar surface area (TPSA) is 0 Å². The van der Waals surface area contributed by atoms with Crippen molar-refractivity contribution < 1.29 is 0 Å². The van der Waals surface area contributed by atoms with Crippen molar-refractivity contribution in [3.8, 4) is 0 Å². The van der Waals surface area contributed by atoms with Gasteiger partial charge in [0.25, 0.3) is 0 Å². The normalized spacial score (nSPS) is 15.6. The molecule has 0 unspecified atom stereocenters. The van der Waals surface area contributed by atoms with Crippen molar-refractivity contribution in [3.05, 3.63) is 70.8 Å². The average Bonchev–Trinajstić information content (AvgIpc) is 2.49. The highest BCUT2D eigenvalue weighted by Crippen LogP contribution is 2.21. The fourth-order valence-corrected chi connectivity index (χ4v) is 3.01. The van der Waals surface area contributed by atoms with Gasteiger partial charge in [-0.15, -0.1) is 0 Å². The van der Waals surface area contributed by atoms with Crippen LogP contribution >= 0.6 is 0 Å². The maximum atomic E-state index is 2.29. The van der Waals surface area contributed by atoms with Crippen molar-refractivity contribution >= 4 is 12.2 Å². The Morgan fingerprint density at radius 3 is 1.45 bits per heavy atom. The Morgan fingerprint density at radius 1 is 0.500 bits per heavy atom. The summed E-state index contributed by atoms with van der Waals surface area (Å²) < 4.78 is 0. The molecule has 102 valence electrons. The fourth-order valence-electron chi connectivity index (χ4n) is 3.01. The molecule has 2 aromatic rings. The quantitative estimate of drug-likeness (QED) is 0.586. The van der Waals surface area contributed by atoms with Gasteiger partial charge < -0.3 is 0 Å². The lowest BCUT2D eigenvalue weighted by Gasteiger charge is -2.10. The van der Waals surface area contributed by atoms with Crippen LogP contribution in [0.5, 0.6) is 0 Å². The van der Waals surface area contributed by atoms with Gasteiger partial charge in [-0.25, -0.2) is 0 Å². The van der Waals surface area contributed by atoms with E-state index in [2.05, 4.69) is 60.7 Å². The van der Waals surface area contributed by atoms with Crippen LogP contribution in [0, 0.1) is 0 Å². The van der Waals surface area contributed by atoms with Crippen molar-refractivity contribution in [3.63, 3.8) is 0 Å². The predicted molar refractivity (Wildman–Crippen MR) is 87.7 cm³/mol. The first-order valence-corrected chi connectivity index (χ1v) is 7.77. The van der Waals surface area contributed by atoms with E-state index >= 15 is 0 Å². The maximum Gasteiger partial charge on any atom is -0.0224 e. The molecule has 0 aromatic heterocycles. The molecule has 0 bridgehead atoms. The Labute approximate surface area is 122 Å². The summed E-state index contributed by atoms with van der Waals surface area (Å²) in [5.41, 5.74) is 5.73. The van der Waals surface area contributed by atoms with Crippen molar-refractivity contribution in [2.24, 2.45) is 0 Å². The largest absolute Gasteiger partial charge is 0.0620 e. The molecule has 0 N–H and O–H groups in total. The summed E-state index contributed by atoms with van der Waals surface area (Å²) in [6.07, 6.45) is 12.3. The monoisotopic (exact) mass is 262 g/mol.